The van der Waals surface area contributed by atoms with Crippen molar-refractivity contribution in [1.29, 1.82) is 0 Å². The van der Waals surface area contributed by atoms with Crippen LogP contribution in [0.5, 0.6) is 0 Å². The molecule has 112 valence electrons. The number of amides is 1. The number of rotatable bonds is 3. The van der Waals surface area contributed by atoms with Crippen LogP contribution in [0.2, 0.25) is 0 Å². The average molecular weight is 291 g/mol. The highest BCUT2D eigenvalue weighted by Gasteiger charge is 2.28. The van der Waals surface area contributed by atoms with Gasteiger partial charge in [0.2, 0.25) is 5.91 Å². The van der Waals surface area contributed by atoms with Gasteiger partial charge in [-0.25, -0.2) is 0 Å². The minimum atomic E-state index is -0.359. The van der Waals surface area contributed by atoms with Gasteiger partial charge in [-0.3, -0.25) is 4.79 Å². The van der Waals surface area contributed by atoms with Crippen LogP contribution in [0.15, 0.2) is 0 Å². The molecular formula is C14H27ClN2O2. The first kappa shape index (κ1) is 16.7. The highest BCUT2D eigenvalue weighted by atomic mass is 35.5. The Balaban J connectivity index is 0.00000180. The summed E-state index contributed by atoms with van der Waals surface area (Å²) >= 11 is 0. The fourth-order valence-corrected chi connectivity index (χ4v) is 3.27. The first-order valence-corrected chi connectivity index (χ1v) is 7.40. The summed E-state index contributed by atoms with van der Waals surface area (Å²) in [6, 6.07) is 0.145. The van der Waals surface area contributed by atoms with E-state index in [2.05, 4.69) is 5.32 Å². The molecule has 0 bridgehead atoms. The Morgan fingerprint density at radius 3 is 2.42 bits per heavy atom. The largest absolute Gasteiger partial charge is 0.391 e. The van der Waals surface area contributed by atoms with Gasteiger partial charge in [0.15, 0.2) is 0 Å². The maximum Gasteiger partial charge on any atom is 0.220 e. The third-order valence-corrected chi connectivity index (χ3v) is 4.49. The monoisotopic (exact) mass is 290 g/mol. The molecule has 0 heterocycles. The van der Waals surface area contributed by atoms with Gasteiger partial charge in [-0.1, -0.05) is 25.7 Å². The molecular weight excluding hydrogens is 264 g/mol. The van der Waals surface area contributed by atoms with Crippen LogP contribution in [0.3, 0.4) is 0 Å². The molecule has 0 aromatic carbocycles. The third-order valence-electron chi connectivity index (χ3n) is 4.49. The van der Waals surface area contributed by atoms with Crippen LogP contribution >= 0.6 is 12.4 Å². The number of aliphatic hydroxyl groups is 1. The Hall–Kier alpha value is -0.320. The maximum absolute atomic E-state index is 12.0. The second-order valence-electron chi connectivity index (χ2n) is 5.94. The minimum Gasteiger partial charge on any atom is -0.391 e. The molecule has 5 heteroatoms. The summed E-state index contributed by atoms with van der Waals surface area (Å²) in [6.07, 6.45) is 8.57. The standard InChI is InChI=1S/C14H26N2O2.ClH/c15-11-6-2-1-5-10(11)9-14(18)16-12-7-3-4-8-13(12)17;/h10-13,17H,1-9,15H2,(H,16,18);1H/t10?,11?,12-,13-;/m1./s1. The van der Waals surface area contributed by atoms with E-state index in [1.54, 1.807) is 0 Å². The predicted molar refractivity (Wildman–Crippen MR) is 78.2 cm³/mol. The van der Waals surface area contributed by atoms with E-state index in [-0.39, 0.29) is 36.5 Å². The van der Waals surface area contributed by atoms with E-state index in [1.807, 2.05) is 0 Å². The number of nitrogens with two attached hydrogens (primary N) is 1. The molecule has 0 spiro atoms. The van der Waals surface area contributed by atoms with Gasteiger partial charge in [-0.2, -0.15) is 0 Å². The summed E-state index contributed by atoms with van der Waals surface area (Å²) in [4.78, 5) is 12.0. The zero-order valence-electron chi connectivity index (χ0n) is 11.5. The van der Waals surface area contributed by atoms with Crippen LogP contribution in [0.4, 0.5) is 0 Å². The molecule has 2 fully saturated rings. The summed E-state index contributed by atoms with van der Waals surface area (Å²) in [7, 11) is 0. The molecule has 2 aliphatic rings. The summed E-state index contributed by atoms with van der Waals surface area (Å²) in [5.74, 6) is 0.405. The van der Waals surface area contributed by atoms with Crippen LogP contribution in [0.25, 0.3) is 0 Å². The Bertz CT molecular complexity index is 263. The Kier molecular flexibility index (Phi) is 7.11. The molecule has 0 aromatic rings. The van der Waals surface area contributed by atoms with E-state index in [9.17, 15) is 9.90 Å². The van der Waals surface area contributed by atoms with Gasteiger partial charge in [0.05, 0.1) is 12.1 Å². The van der Waals surface area contributed by atoms with Crippen molar-refractivity contribution in [1.82, 2.24) is 5.32 Å². The smallest absolute Gasteiger partial charge is 0.220 e. The zero-order chi connectivity index (χ0) is 13.0. The molecule has 2 aliphatic carbocycles. The Morgan fingerprint density at radius 2 is 1.74 bits per heavy atom. The van der Waals surface area contributed by atoms with Crippen LogP contribution in [-0.4, -0.2) is 29.2 Å². The topological polar surface area (TPSA) is 75.4 Å². The van der Waals surface area contributed by atoms with Crippen molar-refractivity contribution in [3.05, 3.63) is 0 Å². The molecule has 0 radical (unpaired) electrons. The minimum absolute atomic E-state index is 0. The highest BCUT2D eigenvalue weighted by Crippen LogP contribution is 2.26. The quantitative estimate of drug-likeness (QED) is 0.741. The molecule has 4 nitrogen and oxygen atoms in total. The number of aliphatic hydroxyl groups excluding tert-OH is 1. The second-order valence-corrected chi connectivity index (χ2v) is 5.94. The maximum atomic E-state index is 12.0. The van der Waals surface area contributed by atoms with Gasteiger partial charge in [0.1, 0.15) is 0 Å². The molecule has 0 saturated heterocycles. The molecule has 4 atom stereocenters. The van der Waals surface area contributed by atoms with Gasteiger partial charge < -0.3 is 16.2 Å². The van der Waals surface area contributed by atoms with Crippen molar-refractivity contribution in [2.75, 3.05) is 0 Å². The molecule has 0 aliphatic heterocycles. The Morgan fingerprint density at radius 1 is 1.11 bits per heavy atom. The van der Waals surface area contributed by atoms with Crippen molar-refractivity contribution in [3.63, 3.8) is 0 Å². The summed E-state index contributed by atoms with van der Waals surface area (Å²) in [5.41, 5.74) is 6.06. The fourth-order valence-electron chi connectivity index (χ4n) is 3.27. The van der Waals surface area contributed by atoms with Crippen LogP contribution in [0, 0.1) is 5.92 Å². The van der Waals surface area contributed by atoms with Gasteiger partial charge in [-0.05, 0) is 31.6 Å². The molecule has 2 unspecified atom stereocenters. The summed E-state index contributed by atoms with van der Waals surface area (Å²) < 4.78 is 0. The molecule has 2 rings (SSSR count). The van der Waals surface area contributed by atoms with Gasteiger partial charge in [-0.15, -0.1) is 12.4 Å². The molecule has 2 saturated carbocycles. The molecule has 0 aromatic heterocycles. The lowest BCUT2D eigenvalue weighted by atomic mass is 9.82. The zero-order valence-corrected chi connectivity index (χ0v) is 12.3. The number of halogens is 1. The Labute approximate surface area is 121 Å². The summed E-state index contributed by atoms with van der Waals surface area (Å²) in [5, 5.41) is 12.8. The van der Waals surface area contributed by atoms with E-state index in [0.717, 1.165) is 38.5 Å². The van der Waals surface area contributed by atoms with Crippen molar-refractivity contribution in [3.8, 4) is 0 Å². The van der Waals surface area contributed by atoms with E-state index < -0.39 is 0 Å². The first-order valence-electron chi connectivity index (χ1n) is 7.40. The fraction of sp³-hybridized carbons (Fsp3) is 0.929. The van der Waals surface area contributed by atoms with Gasteiger partial charge in [0.25, 0.3) is 0 Å². The van der Waals surface area contributed by atoms with E-state index >= 15 is 0 Å². The number of carbonyl (C=O) groups is 1. The predicted octanol–water partition coefficient (Wildman–Crippen LogP) is 1.74. The van der Waals surface area contributed by atoms with Crippen molar-refractivity contribution >= 4 is 18.3 Å². The van der Waals surface area contributed by atoms with Crippen molar-refractivity contribution in [2.24, 2.45) is 11.7 Å². The van der Waals surface area contributed by atoms with E-state index in [1.165, 1.54) is 12.8 Å². The number of hydrogen-bond acceptors (Lipinski definition) is 3. The molecule has 1 amide bonds. The van der Waals surface area contributed by atoms with Crippen molar-refractivity contribution < 1.29 is 9.90 Å². The SMILES string of the molecule is Cl.NC1CCCCC1CC(=O)N[C@@H]1CCCC[C@H]1O. The lowest BCUT2D eigenvalue weighted by Gasteiger charge is -2.31. The van der Waals surface area contributed by atoms with Gasteiger partial charge >= 0.3 is 0 Å². The molecule has 19 heavy (non-hydrogen) atoms. The lowest BCUT2D eigenvalue weighted by Crippen LogP contribution is -2.46. The number of nitrogens with one attached hydrogen (secondary N) is 1. The first-order chi connectivity index (χ1) is 8.66. The van der Waals surface area contributed by atoms with E-state index in [4.69, 9.17) is 5.73 Å². The van der Waals surface area contributed by atoms with Crippen molar-refractivity contribution in [2.45, 2.75) is 76.0 Å². The van der Waals surface area contributed by atoms with Crippen LogP contribution in [0.1, 0.15) is 57.8 Å². The third kappa shape index (κ3) is 4.93. The van der Waals surface area contributed by atoms with Gasteiger partial charge in [0, 0.05) is 12.5 Å². The summed E-state index contributed by atoms with van der Waals surface area (Å²) in [6.45, 7) is 0. The van der Waals surface area contributed by atoms with Crippen LogP contribution in [-0.2, 0) is 4.79 Å². The van der Waals surface area contributed by atoms with E-state index in [0.29, 0.717) is 12.3 Å². The van der Waals surface area contributed by atoms with Crippen LogP contribution < -0.4 is 11.1 Å². The lowest BCUT2D eigenvalue weighted by molar-refractivity contribution is -0.124. The molecule has 4 N–H and O–H groups in total. The second kappa shape index (κ2) is 8.08. The number of hydrogen-bond donors (Lipinski definition) is 3. The highest BCUT2D eigenvalue weighted by molar-refractivity contribution is 5.85. The normalized spacial score (nSPS) is 35.3. The number of carbonyl (C=O) groups excluding carboxylic acids is 1. The average Bonchev–Trinajstić information content (AvgIpc) is 2.35.